The van der Waals surface area contributed by atoms with E-state index in [2.05, 4.69) is 0 Å². The molecular weight excluding hydrogens is 252 g/mol. The fourth-order valence-electron chi connectivity index (χ4n) is 1.25. The fourth-order valence-corrected chi connectivity index (χ4v) is 1.25. The minimum absolute atomic E-state index is 0.129. The average molecular weight is 278 g/mol. The number of hydrogen-bond acceptors (Lipinski definition) is 6. The van der Waals surface area contributed by atoms with E-state index in [0.717, 1.165) is 6.61 Å². The van der Waals surface area contributed by atoms with E-state index in [1.165, 1.54) is 0 Å². The average Bonchev–Trinajstić information content (AvgIpc) is 3.23. The predicted molar refractivity (Wildman–Crippen MR) is 69.5 cm³/mol. The standard InChI is InChI=1S/C13H26O6/c1-12(14-2)9-17-7-5-15-3-4-16-6-8-18-10-13-11-19-13/h12-13H,3-11H2,1-2H3. The van der Waals surface area contributed by atoms with Crippen molar-refractivity contribution >= 4 is 0 Å². The molecule has 0 saturated carbocycles. The van der Waals surface area contributed by atoms with E-state index in [-0.39, 0.29) is 6.10 Å². The smallest absolute Gasteiger partial charge is 0.104 e. The minimum atomic E-state index is 0.129. The highest BCUT2D eigenvalue weighted by molar-refractivity contribution is 4.66. The van der Waals surface area contributed by atoms with Gasteiger partial charge in [0.05, 0.1) is 65.6 Å². The SMILES string of the molecule is COC(C)COCCOCCOCCOCC1CO1. The van der Waals surface area contributed by atoms with Crippen molar-refractivity contribution in [2.24, 2.45) is 0 Å². The van der Waals surface area contributed by atoms with Crippen LogP contribution < -0.4 is 0 Å². The van der Waals surface area contributed by atoms with Gasteiger partial charge in [0, 0.05) is 7.11 Å². The van der Waals surface area contributed by atoms with Crippen LogP contribution in [-0.2, 0) is 28.4 Å². The molecule has 2 atom stereocenters. The zero-order chi connectivity index (χ0) is 13.8. The molecule has 2 unspecified atom stereocenters. The predicted octanol–water partition coefficient (Wildman–Crippen LogP) is 0.487. The lowest BCUT2D eigenvalue weighted by Crippen LogP contribution is -2.17. The first kappa shape index (κ1) is 16.8. The fraction of sp³-hybridized carbons (Fsp3) is 1.00. The summed E-state index contributed by atoms with van der Waals surface area (Å²) in [5.74, 6) is 0. The van der Waals surface area contributed by atoms with Crippen molar-refractivity contribution in [1.82, 2.24) is 0 Å². The lowest BCUT2D eigenvalue weighted by Gasteiger charge is -2.10. The molecule has 0 aromatic rings. The molecule has 0 N–H and O–H groups in total. The van der Waals surface area contributed by atoms with Crippen molar-refractivity contribution in [2.75, 3.05) is 66.6 Å². The summed E-state index contributed by atoms with van der Waals surface area (Å²) >= 11 is 0. The van der Waals surface area contributed by atoms with Crippen LogP contribution in [0.4, 0.5) is 0 Å². The Morgan fingerprint density at radius 1 is 0.947 bits per heavy atom. The van der Waals surface area contributed by atoms with Crippen LogP contribution in [0.1, 0.15) is 6.92 Å². The molecule has 114 valence electrons. The molecule has 1 aliphatic heterocycles. The molecule has 0 spiro atoms. The third kappa shape index (κ3) is 11.3. The van der Waals surface area contributed by atoms with Crippen molar-refractivity contribution in [1.29, 1.82) is 0 Å². The number of hydrogen-bond donors (Lipinski definition) is 0. The van der Waals surface area contributed by atoms with Gasteiger partial charge < -0.3 is 28.4 Å². The number of ether oxygens (including phenoxy) is 6. The Hall–Kier alpha value is -0.240. The van der Waals surface area contributed by atoms with E-state index in [9.17, 15) is 0 Å². The van der Waals surface area contributed by atoms with Crippen LogP contribution in [0.3, 0.4) is 0 Å². The third-order valence-corrected chi connectivity index (χ3v) is 2.58. The van der Waals surface area contributed by atoms with Gasteiger partial charge in [0.1, 0.15) is 6.10 Å². The van der Waals surface area contributed by atoms with Gasteiger partial charge in [0.2, 0.25) is 0 Å². The first-order valence-electron chi connectivity index (χ1n) is 6.78. The lowest BCUT2D eigenvalue weighted by atomic mass is 10.4. The number of epoxide rings is 1. The summed E-state index contributed by atoms with van der Waals surface area (Å²) in [5, 5.41) is 0. The summed E-state index contributed by atoms with van der Waals surface area (Å²) in [5.41, 5.74) is 0. The van der Waals surface area contributed by atoms with E-state index in [1.54, 1.807) is 7.11 Å². The largest absolute Gasteiger partial charge is 0.379 e. The second-order valence-corrected chi connectivity index (χ2v) is 4.38. The molecule has 0 aromatic heterocycles. The molecular formula is C13H26O6. The Morgan fingerprint density at radius 2 is 1.47 bits per heavy atom. The van der Waals surface area contributed by atoms with Gasteiger partial charge in [-0.15, -0.1) is 0 Å². The molecule has 0 radical (unpaired) electrons. The van der Waals surface area contributed by atoms with E-state index < -0.39 is 0 Å². The molecule has 0 aromatic carbocycles. The highest BCUT2D eigenvalue weighted by atomic mass is 16.6. The topological polar surface area (TPSA) is 58.7 Å². The summed E-state index contributed by atoms with van der Waals surface area (Å²) < 4.78 is 31.4. The molecule has 1 rings (SSSR count). The molecule has 0 amide bonds. The number of methoxy groups -OCH3 is 1. The van der Waals surface area contributed by atoms with Gasteiger partial charge in [-0.1, -0.05) is 0 Å². The summed E-state index contributed by atoms with van der Waals surface area (Å²) in [6.07, 6.45) is 0.452. The van der Waals surface area contributed by atoms with Crippen molar-refractivity contribution in [3.8, 4) is 0 Å². The Kier molecular flexibility index (Phi) is 10.2. The second-order valence-electron chi connectivity index (χ2n) is 4.38. The molecule has 0 aliphatic carbocycles. The zero-order valence-electron chi connectivity index (χ0n) is 12.0. The van der Waals surface area contributed by atoms with Gasteiger partial charge in [-0.25, -0.2) is 0 Å². The molecule has 1 heterocycles. The summed E-state index contributed by atoms with van der Waals surface area (Å²) in [4.78, 5) is 0. The molecule has 1 fully saturated rings. The van der Waals surface area contributed by atoms with Crippen LogP contribution in [0.5, 0.6) is 0 Å². The van der Waals surface area contributed by atoms with Crippen LogP contribution in [0.25, 0.3) is 0 Å². The Bertz CT molecular complexity index is 198. The van der Waals surface area contributed by atoms with Gasteiger partial charge in [0.25, 0.3) is 0 Å². The van der Waals surface area contributed by atoms with Crippen LogP contribution in [-0.4, -0.2) is 78.8 Å². The molecule has 1 saturated heterocycles. The molecule has 1 aliphatic rings. The molecule has 6 nitrogen and oxygen atoms in total. The zero-order valence-corrected chi connectivity index (χ0v) is 12.0. The van der Waals surface area contributed by atoms with Crippen molar-refractivity contribution in [3.63, 3.8) is 0 Å². The Labute approximate surface area is 115 Å². The molecule has 6 heteroatoms. The second kappa shape index (κ2) is 11.6. The summed E-state index contributed by atoms with van der Waals surface area (Å²) in [6.45, 7) is 7.59. The highest BCUT2D eigenvalue weighted by Gasteiger charge is 2.21. The summed E-state index contributed by atoms with van der Waals surface area (Å²) in [6, 6.07) is 0. The minimum Gasteiger partial charge on any atom is -0.379 e. The Morgan fingerprint density at radius 3 is 2.00 bits per heavy atom. The maximum absolute atomic E-state index is 5.35. The van der Waals surface area contributed by atoms with E-state index in [0.29, 0.717) is 59.0 Å². The van der Waals surface area contributed by atoms with Crippen LogP contribution in [0.2, 0.25) is 0 Å². The van der Waals surface area contributed by atoms with E-state index in [4.69, 9.17) is 28.4 Å². The van der Waals surface area contributed by atoms with Gasteiger partial charge >= 0.3 is 0 Å². The van der Waals surface area contributed by atoms with Crippen LogP contribution in [0, 0.1) is 0 Å². The van der Waals surface area contributed by atoms with Crippen LogP contribution >= 0.6 is 0 Å². The quantitative estimate of drug-likeness (QED) is 0.340. The van der Waals surface area contributed by atoms with Gasteiger partial charge in [-0.3, -0.25) is 0 Å². The lowest BCUT2D eigenvalue weighted by molar-refractivity contribution is -0.0220. The van der Waals surface area contributed by atoms with Crippen molar-refractivity contribution in [2.45, 2.75) is 19.1 Å². The third-order valence-electron chi connectivity index (χ3n) is 2.58. The normalized spacial score (nSPS) is 19.6. The molecule has 0 bridgehead atoms. The number of rotatable bonds is 14. The first-order valence-corrected chi connectivity index (χ1v) is 6.78. The summed E-state index contributed by atoms with van der Waals surface area (Å²) in [7, 11) is 1.67. The van der Waals surface area contributed by atoms with Gasteiger partial charge in [-0.05, 0) is 6.92 Å². The van der Waals surface area contributed by atoms with Crippen LogP contribution in [0.15, 0.2) is 0 Å². The van der Waals surface area contributed by atoms with E-state index >= 15 is 0 Å². The molecule has 19 heavy (non-hydrogen) atoms. The highest BCUT2D eigenvalue weighted by Crippen LogP contribution is 2.07. The maximum Gasteiger partial charge on any atom is 0.104 e. The van der Waals surface area contributed by atoms with E-state index in [1.807, 2.05) is 6.92 Å². The maximum atomic E-state index is 5.35. The van der Waals surface area contributed by atoms with Crippen molar-refractivity contribution in [3.05, 3.63) is 0 Å². The van der Waals surface area contributed by atoms with Gasteiger partial charge in [0.15, 0.2) is 0 Å². The first-order chi connectivity index (χ1) is 9.33. The monoisotopic (exact) mass is 278 g/mol. The Balaban J connectivity index is 1.64. The van der Waals surface area contributed by atoms with Crippen molar-refractivity contribution < 1.29 is 28.4 Å². The van der Waals surface area contributed by atoms with Gasteiger partial charge in [-0.2, -0.15) is 0 Å².